The van der Waals surface area contributed by atoms with Gasteiger partial charge in [-0.1, -0.05) is 0 Å². The van der Waals surface area contributed by atoms with Crippen LogP contribution in [0.25, 0.3) is 0 Å². The highest BCUT2D eigenvalue weighted by Crippen LogP contribution is 2.21. The lowest BCUT2D eigenvalue weighted by atomic mass is 10.9. The van der Waals surface area contributed by atoms with Crippen molar-refractivity contribution >= 4 is 17.1 Å². The molecule has 0 atom stereocenters. The van der Waals surface area contributed by atoms with Crippen LogP contribution in [0.15, 0.2) is 0 Å². The zero-order chi connectivity index (χ0) is 15.1. The Morgan fingerprint density at radius 3 is 1.26 bits per heavy atom. The summed E-state index contributed by atoms with van der Waals surface area (Å²) in [6.45, 7) is 14.2. The van der Waals surface area contributed by atoms with Crippen molar-refractivity contribution in [3.8, 4) is 0 Å². The lowest BCUT2D eigenvalue weighted by Gasteiger charge is -2.23. The number of rotatable bonds is 10. The maximum atomic E-state index is 10.4. The molecule has 0 radical (unpaired) electrons. The Bertz CT molecular complexity index is 192. The van der Waals surface area contributed by atoms with Crippen molar-refractivity contribution in [3.05, 3.63) is 0 Å². The summed E-state index contributed by atoms with van der Waals surface area (Å²) in [5, 5.41) is 0. The Labute approximate surface area is 119 Å². The predicted octanol–water partition coefficient (Wildman–Crippen LogP) is 3.11. The summed E-state index contributed by atoms with van der Waals surface area (Å²) in [6, 6.07) is 0. The van der Waals surface area contributed by atoms with E-state index in [1.165, 1.54) is 0 Å². The van der Waals surface area contributed by atoms with Gasteiger partial charge in [-0.25, -0.2) is 0 Å². The van der Waals surface area contributed by atoms with Crippen LogP contribution in [0.5, 0.6) is 0 Å². The lowest BCUT2D eigenvalue weighted by Crippen LogP contribution is -2.42. The van der Waals surface area contributed by atoms with E-state index in [9.17, 15) is 4.57 Å². The summed E-state index contributed by atoms with van der Waals surface area (Å²) in [5.41, 5.74) is 0. The second kappa shape index (κ2) is 14.7. The molecular formula is C11H29O6PSi. The van der Waals surface area contributed by atoms with Crippen LogP contribution in [0.2, 0.25) is 6.55 Å². The minimum atomic E-state index is -2.25. The molecule has 0 saturated carbocycles. The minimum absolute atomic E-state index is 0.456. The van der Waals surface area contributed by atoms with E-state index in [2.05, 4.69) is 9.05 Å². The van der Waals surface area contributed by atoms with Gasteiger partial charge < -0.3 is 22.3 Å². The Balaban J connectivity index is 0. The van der Waals surface area contributed by atoms with Gasteiger partial charge in [0, 0.05) is 26.4 Å². The Kier molecular flexibility index (Phi) is 16.6. The van der Waals surface area contributed by atoms with Gasteiger partial charge in [0.2, 0.25) is 0 Å². The molecule has 0 aliphatic rings. The predicted molar refractivity (Wildman–Crippen MR) is 78.7 cm³/mol. The molecule has 0 saturated heterocycles. The van der Waals surface area contributed by atoms with Crippen molar-refractivity contribution in [2.45, 2.75) is 41.2 Å². The molecule has 0 aliphatic carbocycles. The maximum Gasteiger partial charge on any atom is 0.497 e. The third-order valence-corrected chi connectivity index (χ3v) is 5.23. The normalized spacial score (nSPS) is 11.3. The van der Waals surface area contributed by atoms with E-state index in [4.69, 9.17) is 13.3 Å². The summed E-state index contributed by atoms with van der Waals surface area (Å²) in [5.74, 6) is 0. The van der Waals surface area contributed by atoms with Crippen LogP contribution in [0.4, 0.5) is 0 Å². The molecule has 0 aromatic heterocycles. The molecule has 0 rings (SSSR count). The fourth-order valence-corrected chi connectivity index (χ4v) is 3.57. The van der Waals surface area contributed by atoms with Crippen molar-refractivity contribution in [3.63, 3.8) is 0 Å². The smallest absolute Gasteiger partial charge is 0.374 e. The highest BCUT2D eigenvalue weighted by atomic mass is 31.1. The molecule has 19 heavy (non-hydrogen) atoms. The summed E-state index contributed by atoms with van der Waals surface area (Å²) >= 11 is 0. The first-order valence-electron chi connectivity index (χ1n) is 6.70. The standard InChI is InChI=1S/C7H18O3Si.C4H11O3P/c1-5-8-11(4,9-6-2)10-7-3;1-3-6-8(5)7-4-2/h5-7H2,1-4H3;8H,3-4H2,1-2H3. The molecule has 0 N–H and O–H groups in total. The average molecular weight is 316 g/mol. The monoisotopic (exact) mass is 316 g/mol. The fraction of sp³-hybridized carbons (Fsp3) is 1.00. The summed E-state index contributed by atoms with van der Waals surface area (Å²) in [7, 11) is -4.39. The summed E-state index contributed by atoms with van der Waals surface area (Å²) in [4.78, 5) is 0. The first-order chi connectivity index (χ1) is 8.99. The molecule has 0 amide bonds. The van der Waals surface area contributed by atoms with Gasteiger partial charge in [0.15, 0.2) is 0 Å². The Morgan fingerprint density at radius 1 is 0.737 bits per heavy atom. The number of hydrogen-bond acceptors (Lipinski definition) is 6. The van der Waals surface area contributed by atoms with E-state index in [-0.39, 0.29) is 0 Å². The molecule has 0 aromatic carbocycles. The average Bonchev–Trinajstić information content (AvgIpc) is 2.31. The first kappa shape index (κ1) is 21.5. The van der Waals surface area contributed by atoms with Crippen molar-refractivity contribution in [1.29, 1.82) is 0 Å². The first-order valence-corrected chi connectivity index (χ1v) is 10.2. The van der Waals surface area contributed by atoms with Crippen molar-refractivity contribution < 1.29 is 26.9 Å². The zero-order valence-corrected chi connectivity index (χ0v) is 15.0. The largest absolute Gasteiger partial charge is 0.497 e. The quantitative estimate of drug-likeness (QED) is 0.456. The second-order valence-corrected chi connectivity index (χ2v) is 6.95. The second-order valence-electron chi connectivity index (χ2n) is 3.28. The van der Waals surface area contributed by atoms with Gasteiger partial charge in [0.05, 0.1) is 13.2 Å². The van der Waals surface area contributed by atoms with Crippen LogP contribution in [0.1, 0.15) is 34.6 Å². The van der Waals surface area contributed by atoms with E-state index in [0.717, 1.165) is 0 Å². The van der Waals surface area contributed by atoms with Crippen LogP contribution in [-0.2, 0) is 26.9 Å². The molecule has 0 bridgehead atoms. The lowest BCUT2D eigenvalue weighted by molar-refractivity contribution is 0.0783. The van der Waals surface area contributed by atoms with E-state index >= 15 is 0 Å². The van der Waals surface area contributed by atoms with E-state index < -0.39 is 17.1 Å². The van der Waals surface area contributed by atoms with Gasteiger partial charge in [-0.3, -0.25) is 4.57 Å². The third-order valence-electron chi connectivity index (χ3n) is 1.74. The van der Waals surface area contributed by atoms with Crippen LogP contribution < -0.4 is 0 Å². The van der Waals surface area contributed by atoms with E-state index in [1.807, 2.05) is 27.3 Å². The van der Waals surface area contributed by atoms with Crippen molar-refractivity contribution in [2.75, 3.05) is 33.0 Å². The molecule has 0 heterocycles. The molecule has 0 spiro atoms. The van der Waals surface area contributed by atoms with E-state index in [1.54, 1.807) is 13.8 Å². The van der Waals surface area contributed by atoms with Crippen LogP contribution >= 0.6 is 8.25 Å². The van der Waals surface area contributed by atoms with Gasteiger partial charge in [-0.2, -0.15) is 0 Å². The van der Waals surface area contributed by atoms with Crippen molar-refractivity contribution in [2.24, 2.45) is 0 Å². The number of hydrogen-bond donors (Lipinski definition) is 0. The molecular weight excluding hydrogens is 287 g/mol. The van der Waals surface area contributed by atoms with Gasteiger partial charge in [-0.15, -0.1) is 0 Å². The molecule has 0 unspecified atom stereocenters. The minimum Gasteiger partial charge on any atom is -0.374 e. The highest BCUT2D eigenvalue weighted by Gasteiger charge is 2.32. The topological polar surface area (TPSA) is 63.2 Å². The third kappa shape index (κ3) is 14.5. The van der Waals surface area contributed by atoms with Crippen LogP contribution in [-0.4, -0.2) is 41.8 Å². The zero-order valence-electron chi connectivity index (χ0n) is 13.0. The molecule has 8 heteroatoms. The Morgan fingerprint density at radius 2 is 1.05 bits per heavy atom. The molecule has 0 fully saturated rings. The van der Waals surface area contributed by atoms with Gasteiger partial charge in [-0.05, 0) is 34.6 Å². The van der Waals surface area contributed by atoms with Crippen molar-refractivity contribution in [1.82, 2.24) is 0 Å². The molecule has 118 valence electrons. The van der Waals surface area contributed by atoms with Crippen LogP contribution in [0, 0.1) is 0 Å². The fourth-order valence-electron chi connectivity index (χ4n) is 1.19. The molecule has 0 aliphatic heterocycles. The Hall–Kier alpha value is 0.247. The highest BCUT2D eigenvalue weighted by molar-refractivity contribution is 7.33. The van der Waals surface area contributed by atoms with Gasteiger partial charge >= 0.3 is 17.1 Å². The van der Waals surface area contributed by atoms with Crippen LogP contribution in [0.3, 0.4) is 0 Å². The SMILES string of the molecule is CCO[PH](=O)OCC.CCO[Si](C)(OCC)OCC. The molecule has 0 aromatic rings. The van der Waals surface area contributed by atoms with Gasteiger partial charge in [0.1, 0.15) is 0 Å². The van der Waals surface area contributed by atoms with E-state index in [0.29, 0.717) is 33.0 Å². The summed E-state index contributed by atoms with van der Waals surface area (Å²) in [6.07, 6.45) is 0. The maximum absolute atomic E-state index is 10.4. The summed E-state index contributed by atoms with van der Waals surface area (Å²) < 4.78 is 35.8. The van der Waals surface area contributed by atoms with Gasteiger partial charge in [0.25, 0.3) is 0 Å². The molecule has 6 nitrogen and oxygen atoms in total.